The maximum Gasteiger partial charge on any atom is 0.330 e. The number of esters is 1. The Hall–Kier alpha value is -3.02. The highest BCUT2D eigenvalue weighted by atomic mass is 16.5. The predicted molar refractivity (Wildman–Crippen MR) is 87.2 cm³/mol. The molecule has 0 aliphatic carbocycles. The van der Waals surface area contributed by atoms with Crippen LogP contribution in [0.15, 0.2) is 53.0 Å². The summed E-state index contributed by atoms with van der Waals surface area (Å²) in [5.74, 6) is 0.192. The monoisotopic (exact) mass is 311 g/mol. The van der Waals surface area contributed by atoms with Gasteiger partial charge in [0.1, 0.15) is 11.4 Å². The Labute approximate surface area is 134 Å². The molecule has 0 unspecified atom stereocenters. The molecule has 6 heteroatoms. The number of benzene rings is 1. The summed E-state index contributed by atoms with van der Waals surface area (Å²) in [5.41, 5.74) is 2.93. The molecule has 0 aliphatic heterocycles. The molecule has 2 rings (SSSR count). The van der Waals surface area contributed by atoms with Crippen molar-refractivity contribution in [3.63, 3.8) is 0 Å². The second-order valence-electron chi connectivity index (χ2n) is 4.67. The van der Waals surface area contributed by atoms with Gasteiger partial charge in [-0.3, -0.25) is 4.98 Å². The lowest BCUT2D eigenvalue weighted by Crippen LogP contribution is -1.93. The Morgan fingerprint density at radius 1 is 1.17 bits per heavy atom. The van der Waals surface area contributed by atoms with Crippen molar-refractivity contribution in [1.82, 2.24) is 4.98 Å². The third-order valence-electron chi connectivity index (χ3n) is 3.03. The summed E-state index contributed by atoms with van der Waals surface area (Å²) < 4.78 is 9.84. The molecule has 1 aromatic carbocycles. The van der Waals surface area contributed by atoms with Crippen molar-refractivity contribution in [2.24, 2.45) is 10.2 Å². The average molecular weight is 311 g/mol. The third-order valence-corrected chi connectivity index (χ3v) is 3.03. The predicted octanol–water partition coefficient (Wildman–Crippen LogP) is 4.00. The Morgan fingerprint density at radius 3 is 2.70 bits per heavy atom. The summed E-state index contributed by atoms with van der Waals surface area (Å²) in [7, 11) is 2.90. The van der Waals surface area contributed by atoms with E-state index in [-0.39, 0.29) is 0 Å². The minimum absolute atomic E-state index is 0.447. The molecule has 0 N–H and O–H groups in total. The fourth-order valence-corrected chi connectivity index (χ4v) is 1.83. The summed E-state index contributed by atoms with van der Waals surface area (Å²) in [6, 6.07) is 7.37. The number of carbonyl (C=O) groups is 1. The largest absolute Gasteiger partial charge is 0.494 e. The molecule has 1 aromatic heterocycles. The van der Waals surface area contributed by atoms with Crippen molar-refractivity contribution < 1.29 is 14.3 Å². The zero-order valence-corrected chi connectivity index (χ0v) is 13.2. The van der Waals surface area contributed by atoms with Crippen molar-refractivity contribution in [3.8, 4) is 5.75 Å². The zero-order chi connectivity index (χ0) is 16.7. The van der Waals surface area contributed by atoms with Crippen molar-refractivity contribution >= 4 is 23.4 Å². The highest BCUT2D eigenvalue weighted by Gasteiger charge is 2.03. The Kier molecular flexibility index (Phi) is 5.57. The molecule has 0 atom stereocenters. The van der Waals surface area contributed by atoms with Crippen LogP contribution < -0.4 is 4.74 Å². The number of nitrogens with zero attached hydrogens (tertiary/aromatic N) is 3. The van der Waals surface area contributed by atoms with Crippen molar-refractivity contribution in [2.45, 2.75) is 6.92 Å². The lowest BCUT2D eigenvalue weighted by atomic mass is 10.2. The summed E-state index contributed by atoms with van der Waals surface area (Å²) in [5, 5.41) is 8.47. The number of aryl methyl sites for hydroxylation is 1. The van der Waals surface area contributed by atoms with Crippen LogP contribution in [0.2, 0.25) is 0 Å². The molecular weight excluding hydrogens is 294 g/mol. The highest BCUT2D eigenvalue weighted by Crippen LogP contribution is 2.30. The molecule has 118 valence electrons. The number of carbonyl (C=O) groups excluding carboxylic acids is 1. The van der Waals surface area contributed by atoms with Crippen LogP contribution >= 0.6 is 0 Å². The van der Waals surface area contributed by atoms with Crippen LogP contribution in [0.4, 0.5) is 11.4 Å². The fraction of sp³-hybridized carbons (Fsp3) is 0.176. The molecule has 0 fully saturated rings. The van der Waals surface area contributed by atoms with E-state index in [1.165, 1.54) is 13.2 Å². The minimum atomic E-state index is -0.447. The van der Waals surface area contributed by atoms with E-state index in [1.807, 2.05) is 25.1 Å². The third kappa shape index (κ3) is 4.47. The fourth-order valence-electron chi connectivity index (χ4n) is 1.83. The van der Waals surface area contributed by atoms with Crippen LogP contribution in [0, 0.1) is 6.92 Å². The maximum absolute atomic E-state index is 11.2. The topological polar surface area (TPSA) is 73.1 Å². The van der Waals surface area contributed by atoms with Gasteiger partial charge in [0.05, 0.1) is 19.9 Å². The highest BCUT2D eigenvalue weighted by molar-refractivity contribution is 5.87. The molecule has 0 radical (unpaired) electrons. The van der Waals surface area contributed by atoms with Crippen LogP contribution in [0.3, 0.4) is 0 Å². The van der Waals surface area contributed by atoms with Gasteiger partial charge in [-0.1, -0.05) is 6.07 Å². The van der Waals surface area contributed by atoms with E-state index in [0.29, 0.717) is 22.7 Å². The molecule has 6 nitrogen and oxygen atoms in total. The summed E-state index contributed by atoms with van der Waals surface area (Å²) >= 11 is 0. The Bertz CT molecular complexity index is 754. The quantitative estimate of drug-likeness (QED) is 0.475. The van der Waals surface area contributed by atoms with Crippen LogP contribution in [0.25, 0.3) is 6.08 Å². The number of hydrogen-bond acceptors (Lipinski definition) is 6. The first-order valence-electron chi connectivity index (χ1n) is 6.90. The second kappa shape index (κ2) is 7.84. The van der Waals surface area contributed by atoms with Crippen molar-refractivity contribution in [3.05, 3.63) is 53.9 Å². The number of pyridine rings is 1. The van der Waals surface area contributed by atoms with Gasteiger partial charge in [0, 0.05) is 24.0 Å². The minimum Gasteiger partial charge on any atom is -0.494 e. The maximum atomic E-state index is 11.2. The summed E-state index contributed by atoms with van der Waals surface area (Å²) in [6.07, 6.45) is 6.10. The summed E-state index contributed by atoms with van der Waals surface area (Å²) in [4.78, 5) is 15.2. The molecule has 0 amide bonds. The molecule has 0 saturated carbocycles. The van der Waals surface area contributed by atoms with Crippen LogP contribution in [-0.4, -0.2) is 25.2 Å². The van der Waals surface area contributed by atoms with Gasteiger partial charge in [-0.25, -0.2) is 4.79 Å². The standard InChI is InChI=1S/C17H17N3O3/c1-12-4-6-16(22-2)15(10-12)20-19-14-8-9-18-11-13(14)5-7-17(21)23-3/h4-11H,1-3H3. The Morgan fingerprint density at radius 2 is 1.96 bits per heavy atom. The van der Waals surface area contributed by atoms with Crippen LogP contribution in [-0.2, 0) is 9.53 Å². The smallest absolute Gasteiger partial charge is 0.330 e. The average Bonchev–Trinajstić information content (AvgIpc) is 2.58. The van der Waals surface area contributed by atoms with Gasteiger partial charge in [-0.05, 0) is 36.8 Å². The first-order valence-corrected chi connectivity index (χ1v) is 6.90. The van der Waals surface area contributed by atoms with E-state index in [9.17, 15) is 4.79 Å². The first-order chi connectivity index (χ1) is 11.1. The normalized spacial score (nSPS) is 11.1. The zero-order valence-electron chi connectivity index (χ0n) is 13.2. The molecule has 0 spiro atoms. The van der Waals surface area contributed by atoms with E-state index >= 15 is 0 Å². The van der Waals surface area contributed by atoms with E-state index in [0.717, 1.165) is 5.56 Å². The van der Waals surface area contributed by atoms with Gasteiger partial charge in [0.15, 0.2) is 0 Å². The number of rotatable bonds is 5. The number of methoxy groups -OCH3 is 2. The lowest BCUT2D eigenvalue weighted by Gasteiger charge is -2.04. The molecule has 0 bridgehead atoms. The molecule has 0 saturated heterocycles. The number of hydrogen-bond donors (Lipinski definition) is 0. The van der Waals surface area contributed by atoms with Gasteiger partial charge in [-0.15, -0.1) is 10.2 Å². The lowest BCUT2D eigenvalue weighted by molar-refractivity contribution is -0.134. The molecule has 23 heavy (non-hydrogen) atoms. The number of aromatic nitrogens is 1. The molecule has 1 heterocycles. The number of ether oxygens (including phenoxy) is 2. The second-order valence-corrected chi connectivity index (χ2v) is 4.67. The molecule has 0 aliphatic rings. The van der Waals surface area contributed by atoms with E-state index in [4.69, 9.17) is 4.74 Å². The van der Waals surface area contributed by atoms with Gasteiger partial charge >= 0.3 is 5.97 Å². The van der Waals surface area contributed by atoms with Gasteiger partial charge in [-0.2, -0.15) is 0 Å². The summed E-state index contributed by atoms with van der Waals surface area (Å²) in [6.45, 7) is 1.97. The van der Waals surface area contributed by atoms with E-state index in [2.05, 4.69) is 19.9 Å². The van der Waals surface area contributed by atoms with Gasteiger partial charge in [0.2, 0.25) is 0 Å². The van der Waals surface area contributed by atoms with Gasteiger partial charge < -0.3 is 9.47 Å². The van der Waals surface area contributed by atoms with E-state index < -0.39 is 5.97 Å². The molecular formula is C17H17N3O3. The van der Waals surface area contributed by atoms with Crippen LogP contribution in [0.1, 0.15) is 11.1 Å². The Balaban J connectivity index is 2.32. The van der Waals surface area contributed by atoms with Gasteiger partial charge in [0.25, 0.3) is 0 Å². The SMILES string of the molecule is COC(=O)C=Cc1cnccc1N=Nc1cc(C)ccc1OC. The molecule has 2 aromatic rings. The number of azo groups is 1. The van der Waals surface area contributed by atoms with Crippen molar-refractivity contribution in [1.29, 1.82) is 0 Å². The first kappa shape index (κ1) is 16.4. The van der Waals surface area contributed by atoms with E-state index in [1.54, 1.807) is 31.6 Å². The van der Waals surface area contributed by atoms with Crippen LogP contribution in [0.5, 0.6) is 5.75 Å². The van der Waals surface area contributed by atoms with Crippen molar-refractivity contribution in [2.75, 3.05) is 14.2 Å².